The van der Waals surface area contributed by atoms with E-state index in [4.69, 9.17) is 0 Å². The fourth-order valence-corrected chi connectivity index (χ4v) is 2.42. The van der Waals surface area contributed by atoms with Crippen LogP contribution in [0.25, 0.3) is 0 Å². The van der Waals surface area contributed by atoms with E-state index < -0.39 is 0 Å². The number of fused-ring (bicyclic) bond motifs is 1. The average molecular weight is 226 g/mol. The summed E-state index contributed by atoms with van der Waals surface area (Å²) in [6, 6.07) is 4.31. The van der Waals surface area contributed by atoms with Gasteiger partial charge in [-0.05, 0) is 37.8 Å². The maximum absolute atomic E-state index is 4.55. The normalized spacial score (nSPS) is 22.0. The average Bonchev–Trinajstić information content (AvgIpc) is 2.07. The van der Waals surface area contributed by atoms with Gasteiger partial charge in [0.1, 0.15) is 0 Å². The summed E-state index contributed by atoms with van der Waals surface area (Å²) in [5, 5.41) is 0. The van der Waals surface area contributed by atoms with Gasteiger partial charge in [0.2, 0.25) is 0 Å². The van der Waals surface area contributed by atoms with Crippen molar-refractivity contribution in [2.75, 3.05) is 0 Å². The molecule has 0 amide bonds. The summed E-state index contributed by atoms with van der Waals surface area (Å²) in [6.45, 7) is 2.05. The third-order valence-electron chi connectivity index (χ3n) is 2.35. The van der Waals surface area contributed by atoms with Crippen molar-refractivity contribution in [1.82, 2.24) is 4.98 Å². The second-order valence-electron chi connectivity index (χ2n) is 3.36. The Labute approximate surface area is 81.3 Å². The SMILES string of the molecule is Cc1ccc2c(n1)C(Br)CCC2. The van der Waals surface area contributed by atoms with Gasteiger partial charge in [0.15, 0.2) is 0 Å². The third kappa shape index (κ3) is 1.40. The molecule has 0 aromatic carbocycles. The molecule has 64 valence electrons. The molecule has 0 saturated carbocycles. The molecule has 0 spiro atoms. The number of aromatic nitrogens is 1. The number of hydrogen-bond donors (Lipinski definition) is 0. The third-order valence-corrected chi connectivity index (χ3v) is 3.24. The van der Waals surface area contributed by atoms with Crippen LogP contribution in [0.1, 0.15) is 34.6 Å². The molecular formula is C10H12BrN. The highest BCUT2D eigenvalue weighted by Crippen LogP contribution is 2.34. The topological polar surface area (TPSA) is 12.9 Å². The number of pyridine rings is 1. The standard InChI is InChI=1S/C10H12BrN/c1-7-5-6-8-3-2-4-9(11)10(8)12-7/h5-6,9H,2-4H2,1H3. The Hall–Kier alpha value is -0.370. The number of hydrogen-bond acceptors (Lipinski definition) is 1. The highest BCUT2D eigenvalue weighted by Gasteiger charge is 2.18. The summed E-state index contributed by atoms with van der Waals surface area (Å²) >= 11 is 3.66. The number of nitrogens with zero attached hydrogens (tertiary/aromatic N) is 1. The number of halogens is 1. The zero-order valence-corrected chi connectivity index (χ0v) is 8.76. The van der Waals surface area contributed by atoms with E-state index >= 15 is 0 Å². The summed E-state index contributed by atoms with van der Waals surface area (Å²) in [5.74, 6) is 0. The van der Waals surface area contributed by atoms with Gasteiger partial charge in [-0.1, -0.05) is 22.0 Å². The highest BCUT2D eigenvalue weighted by atomic mass is 79.9. The lowest BCUT2D eigenvalue weighted by atomic mass is 9.96. The summed E-state index contributed by atoms with van der Waals surface area (Å²) in [7, 11) is 0. The van der Waals surface area contributed by atoms with Crippen LogP contribution in [0.3, 0.4) is 0 Å². The van der Waals surface area contributed by atoms with E-state index in [0.717, 1.165) is 5.69 Å². The first-order valence-electron chi connectivity index (χ1n) is 4.38. The summed E-state index contributed by atoms with van der Waals surface area (Å²) in [6.07, 6.45) is 3.71. The smallest absolute Gasteiger partial charge is 0.0575 e. The molecule has 0 bridgehead atoms. The van der Waals surface area contributed by atoms with Gasteiger partial charge in [-0.3, -0.25) is 4.98 Å². The molecule has 0 N–H and O–H groups in total. The quantitative estimate of drug-likeness (QED) is 0.619. The lowest BCUT2D eigenvalue weighted by Gasteiger charge is -2.19. The zero-order valence-electron chi connectivity index (χ0n) is 7.18. The molecule has 1 unspecified atom stereocenters. The van der Waals surface area contributed by atoms with E-state index in [0.29, 0.717) is 4.83 Å². The minimum atomic E-state index is 0.487. The van der Waals surface area contributed by atoms with Crippen molar-refractivity contribution >= 4 is 15.9 Å². The molecule has 1 aliphatic carbocycles. The van der Waals surface area contributed by atoms with Crippen molar-refractivity contribution < 1.29 is 0 Å². The van der Waals surface area contributed by atoms with Crippen LogP contribution in [-0.2, 0) is 6.42 Å². The van der Waals surface area contributed by atoms with E-state index in [-0.39, 0.29) is 0 Å². The van der Waals surface area contributed by atoms with Crippen LogP contribution < -0.4 is 0 Å². The molecule has 1 heterocycles. The van der Waals surface area contributed by atoms with Gasteiger partial charge in [-0.25, -0.2) is 0 Å². The van der Waals surface area contributed by atoms with Gasteiger partial charge in [-0.15, -0.1) is 0 Å². The van der Waals surface area contributed by atoms with E-state index in [1.165, 1.54) is 30.5 Å². The number of aryl methyl sites for hydroxylation is 2. The molecule has 1 nitrogen and oxygen atoms in total. The van der Waals surface area contributed by atoms with Crippen molar-refractivity contribution in [3.05, 3.63) is 29.1 Å². The molecule has 2 rings (SSSR count). The fourth-order valence-electron chi connectivity index (χ4n) is 1.70. The first-order chi connectivity index (χ1) is 5.77. The van der Waals surface area contributed by atoms with Gasteiger partial charge >= 0.3 is 0 Å². The van der Waals surface area contributed by atoms with Crippen molar-refractivity contribution in [3.8, 4) is 0 Å². The minimum Gasteiger partial charge on any atom is -0.257 e. The van der Waals surface area contributed by atoms with Crippen LogP contribution in [0, 0.1) is 6.92 Å². The van der Waals surface area contributed by atoms with Gasteiger partial charge in [0.25, 0.3) is 0 Å². The molecule has 1 aromatic heterocycles. The van der Waals surface area contributed by atoms with Crippen LogP contribution in [0.2, 0.25) is 0 Å². The van der Waals surface area contributed by atoms with Gasteiger partial charge in [-0.2, -0.15) is 0 Å². The molecule has 12 heavy (non-hydrogen) atoms. The summed E-state index contributed by atoms with van der Waals surface area (Å²) < 4.78 is 0. The van der Waals surface area contributed by atoms with Crippen molar-refractivity contribution in [2.24, 2.45) is 0 Å². The van der Waals surface area contributed by atoms with Crippen molar-refractivity contribution in [2.45, 2.75) is 31.0 Å². The minimum absolute atomic E-state index is 0.487. The van der Waals surface area contributed by atoms with Crippen molar-refractivity contribution in [3.63, 3.8) is 0 Å². The summed E-state index contributed by atoms with van der Waals surface area (Å²) in [4.78, 5) is 5.04. The Kier molecular flexibility index (Phi) is 2.18. The predicted molar refractivity (Wildman–Crippen MR) is 53.6 cm³/mol. The molecule has 0 saturated heterocycles. The maximum Gasteiger partial charge on any atom is 0.0575 e. The predicted octanol–water partition coefficient (Wildman–Crippen LogP) is 3.16. The molecular weight excluding hydrogens is 214 g/mol. The van der Waals surface area contributed by atoms with Crippen molar-refractivity contribution in [1.29, 1.82) is 0 Å². The van der Waals surface area contributed by atoms with E-state index in [9.17, 15) is 0 Å². The summed E-state index contributed by atoms with van der Waals surface area (Å²) in [5.41, 5.74) is 3.81. The Morgan fingerprint density at radius 2 is 2.33 bits per heavy atom. The molecule has 0 aliphatic heterocycles. The van der Waals surface area contributed by atoms with Crippen LogP contribution in [0.5, 0.6) is 0 Å². The molecule has 2 heteroatoms. The van der Waals surface area contributed by atoms with Crippen LogP contribution in [-0.4, -0.2) is 4.98 Å². The Morgan fingerprint density at radius 1 is 1.50 bits per heavy atom. The Morgan fingerprint density at radius 3 is 3.17 bits per heavy atom. The molecule has 1 atom stereocenters. The first kappa shape index (κ1) is 8.24. The van der Waals surface area contributed by atoms with E-state index in [2.05, 4.69) is 40.0 Å². The van der Waals surface area contributed by atoms with E-state index in [1.54, 1.807) is 0 Å². The lowest BCUT2D eigenvalue weighted by Crippen LogP contribution is -2.07. The molecule has 0 fully saturated rings. The van der Waals surface area contributed by atoms with Gasteiger partial charge < -0.3 is 0 Å². The Balaban J connectivity index is 2.47. The lowest BCUT2D eigenvalue weighted by molar-refractivity contribution is 0.660. The van der Waals surface area contributed by atoms with Crippen LogP contribution in [0.15, 0.2) is 12.1 Å². The first-order valence-corrected chi connectivity index (χ1v) is 5.29. The highest BCUT2D eigenvalue weighted by molar-refractivity contribution is 9.09. The molecule has 1 aromatic rings. The fraction of sp³-hybridized carbons (Fsp3) is 0.500. The van der Waals surface area contributed by atoms with Gasteiger partial charge in [0, 0.05) is 5.69 Å². The van der Waals surface area contributed by atoms with Gasteiger partial charge in [0.05, 0.1) is 10.5 Å². The van der Waals surface area contributed by atoms with Crippen LogP contribution >= 0.6 is 15.9 Å². The van der Waals surface area contributed by atoms with Crippen LogP contribution in [0.4, 0.5) is 0 Å². The maximum atomic E-state index is 4.55. The second kappa shape index (κ2) is 3.17. The molecule has 1 aliphatic rings. The van der Waals surface area contributed by atoms with E-state index in [1.807, 2.05) is 0 Å². The largest absolute Gasteiger partial charge is 0.257 e. The zero-order chi connectivity index (χ0) is 8.55. The Bertz CT molecular complexity index is 296. The number of rotatable bonds is 0. The second-order valence-corrected chi connectivity index (χ2v) is 4.46. The number of alkyl halides is 1. The molecule has 0 radical (unpaired) electrons. The monoisotopic (exact) mass is 225 g/mol.